The Morgan fingerprint density at radius 1 is 1.19 bits per heavy atom. The minimum absolute atomic E-state index is 0.0673. The molecule has 3 heteroatoms. The molecular weight excluding hydrogens is 260 g/mol. The number of amides is 1. The van der Waals surface area contributed by atoms with Crippen LogP contribution in [0, 0.1) is 6.92 Å². The Kier molecular flexibility index (Phi) is 5.50. The summed E-state index contributed by atoms with van der Waals surface area (Å²) in [4.78, 5) is 16.6. The predicted molar refractivity (Wildman–Crippen MR) is 85.2 cm³/mol. The summed E-state index contributed by atoms with van der Waals surface area (Å²) >= 11 is 0. The maximum absolute atomic E-state index is 12.3. The van der Waals surface area contributed by atoms with Crippen LogP contribution in [0.15, 0.2) is 48.7 Å². The van der Waals surface area contributed by atoms with Crippen LogP contribution in [0.5, 0.6) is 0 Å². The van der Waals surface area contributed by atoms with Crippen LogP contribution in [0.4, 0.5) is 0 Å². The van der Waals surface area contributed by atoms with E-state index < -0.39 is 0 Å². The van der Waals surface area contributed by atoms with Gasteiger partial charge >= 0.3 is 0 Å². The molecular formula is C18H22N2O. The van der Waals surface area contributed by atoms with Crippen molar-refractivity contribution in [3.8, 4) is 0 Å². The molecule has 0 radical (unpaired) electrons. The molecule has 2 aromatic rings. The maximum Gasteiger partial charge on any atom is 0.227 e. The first-order valence-corrected chi connectivity index (χ1v) is 7.45. The normalized spacial score (nSPS) is 11.9. The van der Waals surface area contributed by atoms with Crippen molar-refractivity contribution >= 4 is 5.91 Å². The molecule has 110 valence electrons. The van der Waals surface area contributed by atoms with E-state index in [1.807, 2.05) is 56.4 Å². The van der Waals surface area contributed by atoms with Crippen molar-refractivity contribution in [1.29, 1.82) is 0 Å². The zero-order valence-electron chi connectivity index (χ0n) is 12.7. The number of nitrogens with one attached hydrogen (secondary N) is 1. The van der Waals surface area contributed by atoms with E-state index in [-0.39, 0.29) is 11.8 Å². The molecule has 0 saturated carbocycles. The predicted octanol–water partition coefficient (Wildman–Crippen LogP) is 3.24. The largest absolute Gasteiger partial charge is 0.355 e. The van der Waals surface area contributed by atoms with Gasteiger partial charge in [-0.25, -0.2) is 0 Å². The van der Waals surface area contributed by atoms with E-state index in [0.717, 1.165) is 29.7 Å². The van der Waals surface area contributed by atoms with Gasteiger partial charge in [0.05, 0.1) is 5.92 Å². The summed E-state index contributed by atoms with van der Waals surface area (Å²) in [6.07, 6.45) is 3.49. The second kappa shape index (κ2) is 7.58. The van der Waals surface area contributed by atoms with E-state index in [2.05, 4.69) is 16.4 Å². The first kappa shape index (κ1) is 15.2. The molecule has 2 rings (SSSR count). The van der Waals surface area contributed by atoms with Crippen LogP contribution in [-0.2, 0) is 11.2 Å². The van der Waals surface area contributed by atoms with Gasteiger partial charge in [0.25, 0.3) is 0 Å². The van der Waals surface area contributed by atoms with Crippen molar-refractivity contribution in [2.45, 2.75) is 32.6 Å². The van der Waals surface area contributed by atoms with Crippen molar-refractivity contribution in [2.75, 3.05) is 6.54 Å². The van der Waals surface area contributed by atoms with Gasteiger partial charge in [0.1, 0.15) is 0 Å². The number of aryl methyl sites for hydroxylation is 1. The zero-order chi connectivity index (χ0) is 15.1. The van der Waals surface area contributed by atoms with Gasteiger partial charge in [-0.15, -0.1) is 0 Å². The van der Waals surface area contributed by atoms with Crippen LogP contribution in [0.3, 0.4) is 0 Å². The highest BCUT2D eigenvalue weighted by Crippen LogP contribution is 2.19. The Labute approximate surface area is 126 Å². The highest BCUT2D eigenvalue weighted by atomic mass is 16.1. The fourth-order valence-corrected chi connectivity index (χ4v) is 2.36. The summed E-state index contributed by atoms with van der Waals surface area (Å²) in [7, 11) is 0. The molecule has 0 aliphatic rings. The fourth-order valence-electron chi connectivity index (χ4n) is 2.36. The van der Waals surface area contributed by atoms with Crippen molar-refractivity contribution in [3.63, 3.8) is 0 Å². The Hall–Kier alpha value is -2.16. The summed E-state index contributed by atoms with van der Waals surface area (Å²) in [5, 5.41) is 3.03. The third-order valence-corrected chi connectivity index (χ3v) is 3.61. The highest BCUT2D eigenvalue weighted by molar-refractivity contribution is 5.83. The van der Waals surface area contributed by atoms with Crippen molar-refractivity contribution in [2.24, 2.45) is 0 Å². The molecule has 1 amide bonds. The maximum atomic E-state index is 12.3. The number of hydrogen-bond acceptors (Lipinski definition) is 2. The smallest absolute Gasteiger partial charge is 0.227 e. The zero-order valence-corrected chi connectivity index (χ0v) is 12.7. The molecule has 0 saturated heterocycles. The van der Waals surface area contributed by atoms with Crippen LogP contribution < -0.4 is 5.32 Å². The molecule has 1 heterocycles. The van der Waals surface area contributed by atoms with Crippen LogP contribution in [0.2, 0.25) is 0 Å². The van der Waals surface area contributed by atoms with Crippen LogP contribution >= 0.6 is 0 Å². The van der Waals surface area contributed by atoms with E-state index in [1.54, 1.807) is 0 Å². The Bertz CT molecular complexity index is 564. The summed E-state index contributed by atoms with van der Waals surface area (Å²) < 4.78 is 0. The lowest BCUT2D eigenvalue weighted by Gasteiger charge is -2.15. The molecule has 1 aromatic heterocycles. The lowest BCUT2D eigenvalue weighted by atomic mass is 9.95. The number of hydrogen-bond donors (Lipinski definition) is 1. The lowest BCUT2D eigenvalue weighted by molar-refractivity contribution is -0.122. The topological polar surface area (TPSA) is 42.0 Å². The van der Waals surface area contributed by atoms with Crippen molar-refractivity contribution in [3.05, 3.63) is 65.5 Å². The number of rotatable bonds is 6. The molecule has 3 nitrogen and oxygen atoms in total. The molecule has 0 unspecified atom stereocenters. The number of benzene rings is 1. The summed E-state index contributed by atoms with van der Waals surface area (Å²) in [6.45, 7) is 4.66. The van der Waals surface area contributed by atoms with Gasteiger partial charge in [-0.05, 0) is 37.0 Å². The number of nitrogens with zero attached hydrogens (tertiary/aromatic N) is 1. The first-order chi connectivity index (χ1) is 10.2. The van der Waals surface area contributed by atoms with E-state index in [1.165, 1.54) is 0 Å². The van der Waals surface area contributed by atoms with Gasteiger partial charge in [0.15, 0.2) is 0 Å². The average Bonchev–Trinajstić information content (AvgIpc) is 2.51. The minimum Gasteiger partial charge on any atom is -0.355 e. The van der Waals surface area contributed by atoms with Crippen LogP contribution in [0.1, 0.15) is 36.1 Å². The third-order valence-electron chi connectivity index (χ3n) is 3.61. The van der Waals surface area contributed by atoms with Crippen molar-refractivity contribution < 1.29 is 4.79 Å². The summed E-state index contributed by atoms with van der Waals surface area (Å²) in [6, 6.07) is 14.0. The molecule has 0 fully saturated rings. The Morgan fingerprint density at radius 3 is 2.57 bits per heavy atom. The standard InChI is InChI=1S/C18H22N2O/c1-3-17(16-7-5-4-6-8-16)18(21)19-12-11-15-10-9-14(2)20-13-15/h4-10,13,17H,3,11-12H2,1-2H3,(H,19,21)/t17-/m0/s1. The van der Waals surface area contributed by atoms with Crippen molar-refractivity contribution in [1.82, 2.24) is 10.3 Å². The average molecular weight is 282 g/mol. The second-order valence-corrected chi connectivity index (χ2v) is 5.22. The quantitative estimate of drug-likeness (QED) is 0.883. The highest BCUT2D eigenvalue weighted by Gasteiger charge is 2.17. The minimum atomic E-state index is -0.0673. The van der Waals surface area contributed by atoms with Gasteiger partial charge in [-0.1, -0.05) is 43.3 Å². The second-order valence-electron chi connectivity index (χ2n) is 5.22. The molecule has 0 aliphatic carbocycles. The lowest BCUT2D eigenvalue weighted by Crippen LogP contribution is -2.30. The third kappa shape index (κ3) is 4.42. The van der Waals surface area contributed by atoms with Gasteiger partial charge < -0.3 is 5.32 Å². The van der Waals surface area contributed by atoms with Gasteiger partial charge in [0.2, 0.25) is 5.91 Å². The van der Waals surface area contributed by atoms with E-state index in [4.69, 9.17) is 0 Å². The number of carbonyl (C=O) groups is 1. The fraction of sp³-hybridized carbons (Fsp3) is 0.333. The molecule has 0 aliphatic heterocycles. The van der Waals surface area contributed by atoms with Gasteiger partial charge in [-0.3, -0.25) is 9.78 Å². The van der Waals surface area contributed by atoms with Gasteiger partial charge in [-0.2, -0.15) is 0 Å². The number of carbonyl (C=O) groups excluding carboxylic acids is 1. The van der Waals surface area contributed by atoms with Crippen LogP contribution in [-0.4, -0.2) is 17.4 Å². The van der Waals surface area contributed by atoms with E-state index in [0.29, 0.717) is 6.54 Å². The molecule has 0 spiro atoms. The summed E-state index contributed by atoms with van der Waals surface area (Å²) in [5.74, 6) is 0.0334. The number of aromatic nitrogens is 1. The van der Waals surface area contributed by atoms with Gasteiger partial charge in [0, 0.05) is 18.4 Å². The molecule has 1 aromatic carbocycles. The number of pyridine rings is 1. The van der Waals surface area contributed by atoms with E-state index in [9.17, 15) is 4.79 Å². The SMILES string of the molecule is CC[C@H](C(=O)NCCc1ccc(C)nc1)c1ccccc1. The molecule has 1 atom stereocenters. The monoisotopic (exact) mass is 282 g/mol. The molecule has 1 N–H and O–H groups in total. The summed E-state index contributed by atoms with van der Waals surface area (Å²) in [5.41, 5.74) is 3.24. The Morgan fingerprint density at radius 2 is 1.95 bits per heavy atom. The van der Waals surface area contributed by atoms with E-state index >= 15 is 0 Å². The van der Waals surface area contributed by atoms with Crippen LogP contribution in [0.25, 0.3) is 0 Å². The molecule has 21 heavy (non-hydrogen) atoms. The Balaban J connectivity index is 1.87. The first-order valence-electron chi connectivity index (χ1n) is 7.45. The molecule has 0 bridgehead atoms.